The first kappa shape index (κ1) is 17.8. The van der Waals surface area contributed by atoms with Gasteiger partial charge in [0, 0.05) is 6.54 Å². The minimum Gasteiger partial charge on any atom is -0.489 e. The number of benzene rings is 2. The van der Waals surface area contributed by atoms with Crippen LogP contribution in [0.15, 0.2) is 42.7 Å². The number of nitrogens with zero attached hydrogens (tertiary/aromatic N) is 3. The quantitative estimate of drug-likeness (QED) is 0.715. The SMILES string of the molecule is CC#CC(=O)N1CCOc2c1ccc1ncnc(NCc3cccc(C)c3)c21. The molecule has 4 rings (SSSR count). The Bertz CT molecular complexity index is 1110. The van der Waals surface area contributed by atoms with Crippen molar-refractivity contribution in [3.63, 3.8) is 0 Å². The summed E-state index contributed by atoms with van der Waals surface area (Å²) in [4.78, 5) is 22.8. The third-order valence-corrected chi connectivity index (χ3v) is 4.61. The number of nitrogens with one attached hydrogen (secondary N) is 1. The molecule has 0 spiro atoms. The van der Waals surface area contributed by atoms with Gasteiger partial charge >= 0.3 is 5.91 Å². The summed E-state index contributed by atoms with van der Waals surface area (Å²) < 4.78 is 5.95. The third-order valence-electron chi connectivity index (χ3n) is 4.61. The van der Waals surface area contributed by atoms with Crippen LogP contribution in [0.25, 0.3) is 10.9 Å². The second-order valence-electron chi connectivity index (χ2n) is 6.55. The molecule has 6 nitrogen and oxygen atoms in total. The molecule has 0 fully saturated rings. The van der Waals surface area contributed by atoms with Crippen LogP contribution >= 0.6 is 0 Å². The minimum absolute atomic E-state index is 0.238. The summed E-state index contributed by atoms with van der Waals surface area (Å²) >= 11 is 0. The summed E-state index contributed by atoms with van der Waals surface area (Å²) in [5, 5.41) is 4.16. The van der Waals surface area contributed by atoms with E-state index >= 15 is 0 Å². The lowest BCUT2D eigenvalue weighted by Gasteiger charge is -2.29. The van der Waals surface area contributed by atoms with Crippen LogP contribution in [-0.4, -0.2) is 29.0 Å². The predicted molar refractivity (Wildman–Crippen MR) is 109 cm³/mol. The number of carbonyl (C=O) groups excluding carboxylic acids is 1. The molecule has 0 aliphatic carbocycles. The van der Waals surface area contributed by atoms with Crippen molar-refractivity contribution in [1.29, 1.82) is 0 Å². The summed E-state index contributed by atoms with van der Waals surface area (Å²) in [6, 6.07) is 12.0. The van der Waals surface area contributed by atoms with Crippen LogP contribution in [0.1, 0.15) is 18.1 Å². The highest BCUT2D eigenvalue weighted by atomic mass is 16.5. The summed E-state index contributed by atoms with van der Waals surface area (Å²) in [7, 11) is 0. The maximum atomic E-state index is 12.4. The van der Waals surface area contributed by atoms with Crippen molar-refractivity contribution in [2.24, 2.45) is 0 Å². The number of rotatable bonds is 3. The molecule has 3 aromatic rings. The smallest absolute Gasteiger partial charge is 0.303 e. The van der Waals surface area contributed by atoms with Gasteiger partial charge in [-0.25, -0.2) is 9.97 Å². The van der Waals surface area contributed by atoms with Crippen molar-refractivity contribution < 1.29 is 9.53 Å². The number of hydrogen-bond donors (Lipinski definition) is 1. The Hall–Kier alpha value is -3.59. The molecular weight excluding hydrogens is 352 g/mol. The largest absolute Gasteiger partial charge is 0.489 e. The van der Waals surface area contributed by atoms with E-state index in [-0.39, 0.29) is 5.91 Å². The fourth-order valence-corrected chi connectivity index (χ4v) is 3.36. The van der Waals surface area contributed by atoms with Crippen LogP contribution in [0.4, 0.5) is 11.5 Å². The van der Waals surface area contributed by atoms with Crippen LogP contribution in [0, 0.1) is 18.8 Å². The van der Waals surface area contributed by atoms with Crippen LogP contribution in [0.5, 0.6) is 5.75 Å². The molecule has 140 valence electrons. The molecule has 1 aliphatic rings. The summed E-state index contributed by atoms with van der Waals surface area (Å²) in [5.74, 6) is 6.33. The van der Waals surface area contributed by atoms with E-state index in [2.05, 4.69) is 52.2 Å². The zero-order valence-electron chi connectivity index (χ0n) is 15.8. The molecule has 6 heteroatoms. The molecule has 1 aliphatic heterocycles. The van der Waals surface area contributed by atoms with Gasteiger partial charge in [0.05, 0.1) is 23.1 Å². The van der Waals surface area contributed by atoms with Crippen LogP contribution in [0.3, 0.4) is 0 Å². The Morgan fingerprint density at radius 1 is 1.29 bits per heavy atom. The fourth-order valence-electron chi connectivity index (χ4n) is 3.36. The highest BCUT2D eigenvalue weighted by Crippen LogP contribution is 2.40. The number of fused-ring (bicyclic) bond motifs is 3. The van der Waals surface area contributed by atoms with Crippen LogP contribution < -0.4 is 15.0 Å². The number of carbonyl (C=O) groups is 1. The van der Waals surface area contributed by atoms with Gasteiger partial charge < -0.3 is 10.1 Å². The van der Waals surface area contributed by atoms with Crippen molar-refractivity contribution in [2.75, 3.05) is 23.4 Å². The van der Waals surface area contributed by atoms with E-state index in [1.165, 1.54) is 11.9 Å². The van der Waals surface area contributed by atoms with Crippen molar-refractivity contribution in [3.05, 3.63) is 53.9 Å². The lowest BCUT2D eigenvalue weighted by Crippen LogP contribution is -2.37. The number of anilines is 2. The Kier molecular flexibility index (Phi) is 4.81. The first-order valence-corrected chi connectivity index (χ1v) is 9.11. The number of aryl methyl sites for hydroxylation is 1. The molecule has 0 saturated carbocycles. The Morgan fingerprint density at radius 3 is 3.00 bits per heavy atom. The zero-order chi connectivity index (χ0) is 19.5. The van der Waals surface area contributed by atoms with E-state index in [4.69, 9.17) is 4.74 Å². The maximum absolute atomic E-state index is 12.4. The molecule has 0 bridgehead atoms. The number of amides is 1. The van der Waals surface area contributed by atoms with Crippen LogP contribution in [-0.2, 0) is 11.3 Å². The van der Waals surface area contributed by atoms with Gasteiger partial charge in [-0.05, 0) is 37.5 Å². The second-order valence-corrected chi connectivity index (χ2v) is 6.55. The topological polar surface area (TPSA) is 67.4 Å². The molecule has 0 saturated heterocycles. The van der Waals surface area contributed by atoms with Gasteiger partial charge in [-0.1, -0.05) is 35.7 Å². The van der Waals surface area contributed by atoms with Crippen molar-refractivity contribution >= 4 is 28.3 Å². The number of aromatic nitrogens is 2. The lowest BCUT2D eigenvalue weighted by atomic mass is 10.1. The number of ether oxygens (including phenoxy) is 1. The Balaban J connectivity index is 1.75. The summed E-state index contributed by atoms with van der Waals surface area (Å²) in [5.41, 5.74) is 3.82. The molecule has 0 radical (unpaired) electrons. The molecule has 28 heavy (non-hydrogen) atoms. The average Bonchev–Trinajstić information content (AvgIpc) is 2.71. The zero-order valence-corrected chi connectivity index (χ0v) is 15.8. The highest BCUT2D eigenvalue weighted by molar-refractivity contribution is 6.10. The van der Waals surface area contributed by atoms with Crippen LogP contribution in [0.2, 0.25) is 0 Å². The van der Waals surface area contributed by atoms with Gasteiger partial charge in [0.2, 0.25) is 0 Å². The van der Waals surface area contributed by atoms with E-state index < -0.39 is 0 Å². The summed E-state index contributed by atoms with van der Waals surface area (Å²) in [6.45, 7) is 5.21. The molecule has 2 aromatic carbocycles. The first-order chi connectivity index (χ1) is 13.7. The normalized spacial score (nSPS) is 12.6. The predicted octanol–water partition coefficient (Wildman–Crippen LogP) is 3.30. The molecular formula is C22H20N4O2. The Labute approximate surface area is 163 Å². The van der Waals surface area contributed by atoms with Crippen molar-refractivity contribution in [3.8, 4) is 17.6 Å². The second kappa shape index (κ2) is 7.57. The Morgan fingerprint density at radius 2 is 2.18 bits per heavy atom. The minimum atomic E-state index is -0.238. The molecule has 0 atom stereocenters. The van der Waals surface area contributed by atoms with Gasteiger partial charge in [0.15, 0.2) is 5.75 Å². The first-order valence-electron chi connectivity index (χ1n) is 9.11. The van der Waals surface area contributed by atoms with Gasteiger partial charge in [0.1, 0.15) is 18.8 Å². The van der Waals surface area contributed by atoms with E-state index in [0.717, 1.165) is 16.5 Å². The van der Waals surface area contributed by atoms with Gasteiger partial charge in [0.25, 0.3) is 0 Å². The molecule has 1 amide bonds. The van der Waals surface area contributed by atoms with E-state index in [9.17, 15) is 4.79 Å². The highest BCUT2D eigenvalue weighted by Gasteiger charge is 2.26. The fraction of sp³-hybridized carbons (Fsp3) is 0.227. The molecule has 1 N–H and O–H groups in total. The molecule has 2 heterocycles. The molecule has 0 unspecified atom stereocenters. The lowest BCUT2D eigenvalue weighted by molar-refractivity contribution is -0.113. The third kappa shape index (κ3) is 3.35. The molecule has 1 aromatic heterocycles. The van der Waals surface area contributed by atoms with E-state index in [0.29, 0.717) is 37.0 Å². The van der Waals surface area contributed by atoms with Gasteiger partial charge in [-0.3, -0.25) is 9.69 Å². The standard InChI is InChI=1S/C22H20N4O2/c1-3-5-19(27)26-10-11-28-21-18(26)9-8-17-20(21)22(25-14-24-17)23-13-16-7-4-6-15(2)12-16/h4,6-9,12,14H,10-11,13H2,1-2H3,(H,23,24,25). The summed E-state index contributed by atoms with van der Waals surface area (Å²) in [6.07, 6.45) is 1.53. The average molecular weight is 372 g/mol. The van der Waals surface area contributed by atoms with E-state index in [1.807, 2.05) is 18.2 Å². The van der Waals surface area contributed by atoms with E-state index in [1.54, 1.807) is 11.8 Å². The van der Waals surface area contributed by atoms with Crippen molar-refractivity contribution in [2.45, 2.75) is 20.4 Å². The van der Waals surface area contributed by atoms with Gasteiger partial charge in [-0.15, -0.1) is 0 Å². The maximum Gasteiger partial charge on any atom is 0.303 e. The van der Waals surface area contributed by atoms with Crippen molar-refractivity contribution in [1.82, 2.24) is 9.97 Å². The number of hydrogen-bond acceptors (Lipinski definition) is 5. The monoisotopic (exact) mass is 372 g/mol. The van der Waals surface area contributed by atoms with Gasteiger partial charge in [-0.2, -0.15) is 0 Å².